The van der Waals surface area contributed by atoms with Gasteiger partial charge in [0.1, 0.15) is 0 Å². The van der Waals surface area contributed by atoms with Crippen LogP contribution < -0.4 is 5.32 Å². The minimum absolute atomic E-state index is 0.0100. The third-order valence-electron chi connectivity index (χ3n) is 2.94. The van der Waals surface area contributed by atoms with E-state index in [0.29, 0.717) is 0 Å². The van der Waals surface area contributed by atoms with Crippen molar-refractivity contribution in [2.75, 3.05) is 0 Å². The van der Waals surface area contributed by atoms with Crippen LogP contribution >= 0.6 is 33.9 Å². The van der Waals surface area contributed by atoms with E-state index in [-0.39, 0.29) is 11.9 Å². The van der Waals surface area contributed by atoms with E-state index >= 15 is 0 Å². The summed E-state index contributed by atoms with van der Waals surface area (Å²) in [7, 11) is 0. The summed E-state index contributed by atoms with van der Waals surface area (Å²) in [5, 5.41) is 7.25. The van der Waals surface area contributed by atoms with Gasteiger partial charge in [0.05, 0.1) is 5.56 Å². The van der Waals surface area contributed by atoms with E-state index in [1.165, 1.54) is 5.56 Å². The largest absolute Gasteiger partial charge is 0.349 e. The maximum atomic E-state index is 12.2. The maximum absolute atomic E-state index is 12.2. The molecule has 0 radical (unpaired) electrons. The molecule has 2 aromatic rings. The van der Waals surface area contributed by atoms with Crippen molar-refractivity contribution >= 4 is 39.8 Å². The second-order valence-electron chi connectivity index (χ2n) is 4.65. The Morgan fingerprint density at radius 3 is 2.89 bits per heavy atom. The summed E-state index contributed by atoms with van der Waals surface area (Å²) < 4.78 is 1.03. The lowest BCUT2D eigenvalue weighted by molar-refractivity contribution is 0.0939. The lowest BCUT2D eigenvalue weighted by Crippen LogP contribution is -2.34. The van der Waals surface area contributed by atoms with Crippen molar-refractivity contribution in [2.24, 2.45) is 0 Å². The number of halogens is 1. The quantitative estimate of drug-likeness (QED) is 0.792. The van der Waals surface area contributed by atoms with Gasteiger partial charge in [0.25, 0.3) is 5.91 Å². The van der Waals surface area contributed by atoms with Crippen LogP contribution in [0.2, 0.25) is 0 Å². The number of benzene rings is 1. The molecule has 0 aliphatic carbocycles. The van der Waals surface area contributed by atoms with Gasteiger partial charge in [0, 0.05) is 9.61 Å². The van der Waals surface area contributed by atoms with Gasteiger partial charge in [-0.05, 0) is 76.9 Å². The fraction of sp³-hybridized carbons (Fsp3) is 0.267. The zero-order chi connectivity index (χ0) is 13.8. The van der Waals surface area contributed by atoms with Crippen LogP contribution in [0.4, 0.5) is 0 Å². The molecule has 2 nitrogen and oxygen atoms in total. The van der Waals surface area contributed by atoms with E-state index in [1.54, 1.807) is 11.3 Å². The third kappa shape index (κ3) is 3.79. The lowest BCUT2D eigenvalue weighted by Gasteiger charge is -2.14. The third-order valence-corrected chi connectivity index (χ3v) is 5.10. The first-order valence-electron chi connectivity index (χ1n) is 6.15. The second-order valence-corrected chi connectivity index (χ2v) is 6.51. The zero-order valence-electron chi connectivity index (χ0n) is 10.9. The van der Waals surface area contributed by atoms with Crippen molar-refractivity contribution in [1.29, 1.82) is 0 Å². The summed E-state index contributed by atoms with van der Waals surface area (Å²) in [6.07, 6.45) is 0.873. The number of carbonyl (C=O) groups is 1. The van der Waals surface area contributed by atoms with Crippen molar-refractivity contribution in [3.63, 3.8) is 0 Å². The Balaban J connectivity index is 2.02. The highest BCUT2D eigenvalue weighted by Crippen LogP contribution is 2.17. The highest BCUT2D eigenvalue weighted by atomic mass is 127. The number of nitrogens with one attached hydrogen (secondary N) is 1. The van der Waals surface area contributed by atoms with Crippen LogP contribution in [-0.4, -0.2) is 11.9 Å². The van der Waals surface area contributed by atoms with Gasteiger partial charge in [-0.2, -0.15) is 11.3 Å². The molecule has 2 rings (SSSR count). The number of amides is 1. The molecule has 1 N–H and O–H groups in total. The Bertz CT molecular complexity index is 566. The van der Waals surface area contributed by atoms with E-state index in [1.807, 2.05) is 32.0 Å². The molecule has 0 bridgehead atoms. The van der Waals surface area contributed by atoms with Crippen molar-refractivity contribution < 1.29 is 4.79 Å². The molecular formula is C15H16INOS. The Morgan fingerprint density at radius 2 is 2.21 bits per heavy atom. The van der Waals surface area contributed by atoms with E-state index in [9.17, 15) is 4.79 Å². The van der Waals surface area contributed by atoms with Crippen LogP contribution in [0.15, 0.2) is 35.0 Å². The van der Waals surface area contributed by atoms with Crippen LogP contribution in [0.3, 0.4) is 0 Å². The number of hydrogen-bond donors (Lipinski definition) is 1. The van der Waals surface area contributed by atoms with Crippen LogP contribution in [-0.2, 0) is 6.42 Å². The van der Waals surface area contributed by atoms with Crippen LogP contribution in [0.25, 0.3) is 0 Å². The van der Waals surface area contributed by atoms with E-state index < -0.39 is 0 Å². The Hall–Kier alpha value is -0.880. The van der Waals surface area contributed by atoms with Gasteiger partial charge in [0.2, 0.25) is 0 Å². The molecule has 1 amide bonds. The van der Waals surface area contributed by atoms with Crippen molar-refractivity contribution in [3.05, 3.63) is 55.3 Å². The molecule has 0 aliphatic heterocycles. The summed E-state index contributed by atoms with van der Waals surface area (Å²) in [5.74, 6) is 0.0100. The van der Waals surface area contributed by atoms with Gasteiger partial charge in [-0.3, -0.25) is 4.79 Å². The first-order valence-corrected chi connectivity index (χ1v) is 8.17. The van der Waals surface area contributed by atoms with Gasteiger partial charge in [-0.25, -0.2) is 0 Å². The molecule has 0 aliphatic rings. The van der Waals surface area contributed by atoms with Gasteiger partial charge in [0.15, 0.2) is 0 Å². The molecule has 0 fully saturated rings. The molecule has 1 aromatic carbocycles. The van der Waals surface area contributed by atoms with Gasteiger partial charge in [-0.1, -0.05) is 12.1 Å². The fourth-order valence-corrected chi connectivity index (χ4v) is 3.22. The summed E-state index contributed by atoms with van der Waals surface area (Å²) in [5.41, 5.74) is 3.17. The van der Waals surface area contributed by atoms with Crippen LogP contribution in [0.1, 0.15) is 28.4 Å². The van der Waals surface area contributed by atoms with Crippen molar-refractivity contribution in [3.8, 4) is 0 Å². The van der Waals surface area contributed by atoms with Gasteiger partial charge in [-0.15, -0.1) is 0 Å². The summed E-state index contributed by atoms with van der Waals surface area (Å²) in [4.78, 5) is 12.2. The maximum Gasteiger partial charge on any atom is 0.252 e. The molecule has 1 heterocycles. The Labute approximate surface area is 131 Å². The molecular weight excluding hydrogens is 369 g/mol. The average Bonchev–Trinajstić information content (AvgIpc) is 2.85. The van der Waals surface area contributed by atoms with E-state index in [4.69, 9.17) is 0 Å². The number of thiophene rings is 1. The standard InChI is InChI=1S/C15H16INOS/c1-10-4-3-5-13(14(10)16)15(18)17-11(2)8-12-6-7-19-9-12/h3-7,9,11H,8H2,1-2H3,(H,17,18). The smallest absolute Gasteiger partial charge is 0.252 e. The van der Waals surface area contributed by atoms with Crippen molar-refractivity contribution in [1.82, 2.24) is 5.32 Å². The molecule has 4 heteroatoms. The molecule has 1 unspecified atom stereocenters. The van der Waals surface area contributed by atoms with E-state index in [0.717, 1.165) is 21.1 Å². The summed E-state index contributed by atoms with van der Waals surface area (Å²) >= 11 is 3.92. The minimum atomic E-state index is 0.0100. The number of hydrogen-bond acceptors (Lipinski definition) is 2. The number of aryl methyl sites for hydroxylation is 1. The normalized spacial score (nSPS) is 12.2. The molecule has 0 saturated heterocycles. The van der Waals surface area contributed by atoms with Crippen LogP contribution in [0.5, 0.6) is 0 Å². The van der Waals surface area contributed by atoms with Crippen LogP contribution in [0, 0.1) is 10.5 Å². The summed E-state index contributed by atoms with van der Waals surface area (Å²) in [6, 6.07) is 8.06. The molecule has 1 aromatic heterocycles. The molecule has 0 saturated carbocycles. The summed E-state index contributed by atoms with van der Waals surface area (Å²) in [6.45, 7) is 4.06. The monoisotopic (exact) mass is 385 g/mol. The Kier molecular flexibility index (Phi) is 4.99. The predicted molar refractivity (Wildman–Crippen MR) is 88.8 cm³/mol. The minimum Gasteiger partial charge on any atom is -0.349 e. The molecule has 0 spiro atoms. The van der Waals surface area contributed by atoms with Crippen molar-refractivity contribution in [2.45, 2.75) is 26.3 Å². The highest BCUT2D eigenvalue weighted by molar-refractivity contribution is 14.1. The predicted octanol–water partition coefficient (Wildman–Crippen LogP) is 4.02. The van der Waals surface area contributed by atoms with Gasteiger partial charge < -0.3 is 5.32 Å². The Morgan fingerprint density at radius 1 is 1.42 bits per heavy atom. The first kappa shape index (κ1) is 14.5. The molecule has 100 valence electrons. The highest BCUT2D eigenvalue weighted by Gasteiger charge is 2.14. The zero-order valence-corrected chi connectivity index (χ0v) is 13.9. The number of carbonyl (C=O) groups excluding carboxylic acids is 1. The van der Waals surface area contributed by atoms with Gasteiger partial charge >= 0.3 is 0 Å². The first-order chi connectivity index (χ1) is 9.08. The topological polar surface area (TPSA) is 29.1 Å². The van der Waals surface area contributed by atoms with E-state index in [2.05, 4.69) is 44.7 Å². The lowest BCUT2D eigenvalue weighted by atomic mass is 10.1. The molecule has 19 heavy (non-hydrogen) atoms. The molecule has 1 atom stereocenters. The fourth-order valence-electron chi connectivity index (χ4n) is 1.94. The average molecular weight is 385 g/mol. The number of rotatable bonds is 4. The SMILES string of the molecule is Cc1cccc(C(=O)NC(C)Cc2ccsc2)c1I. The second kappa shape index (κ2) is 6.52.